The molecule has 3 atom stereocenters. The topological polar surface area (TPSA) is 52.7 Å². The summed E-state index contributed by atoms with van der Waals surface area (Å²) in [6.45, 7) is 2.31. The molecule has 1 fully saturated rings. The summed E-state index contributed by atoms with van der Waals surface area (Å²) in [5.74, 6) is 0. The van der Waals surface area contributed by atoms with E-state index in [1.165, 1.54) is 4.88 Å². The number of likely N-dealkylation sites (tertiary alicyclic amines) is 1. The molecule has 0 spiro atoms. The zero-order chi connectivity index (χ0) is 13.1. The van der Waals surface area contributed by atoms with E-state index in [0.717, 1.165) is 19.5 Å². The lowest BCUT2D eigenvalue weighted by atomic mass is 10.1. The van der Waals surface area contributed by atoms with Crippen LogP contribution >= 0.6 is 11.3 Å². The van der Waals surface area contributed by atoms with Gasteiger partial charge in [0.25, 0.3) is 0 Å². The van der Waals surface area contributed by atoms with Gasteiger partial charge in [-0.15, -0.1) is 11.3 Å². The van der Waals surface area contributed by atoms with Crippen molar-refractivity contribution in [3.8, 4) is 0 Å². The highest BCUT2D eigenvalue weighted by molar-refractivity contribution is 7.10. The number of nitrogens with zero attached hydrogens (tertiary/aromatic N) is 2. The molecule has 0 radical (unpaired) electrons. The zero-order valence-electron chi connectivity index (χ0n) is 11.1. The number of nitrogens with two attached hydrogens (primary N) is 1. The molecule has 0 amide bonds. The van der Waals surface area contributed by atoms with E-state index in [-0.39, 0.29) is 12.1 Å². The third-order valence-corrected chi connectivity index (χ3v) is 4.48. The van der Waals surface area contributed by atoms with Gasteiger partial charge in [-0.2, -0.15) is 0 Å². The molecule has 0 bridgehead atoms. The summed E-state index contributed by atoms with van der Waals surface area (Å²) >= 11 is 1.75. The lowest BCUT2D eigenvalue weighted by molar-refractivity contribution is 0.140. The van der Waals surface area contributed by atoms with Crippen LogP contribution in [0, 0.1) is 0 Å². The lowest BCUT2D eigenvalue weighted by Gasteiger charge is -2.33. The zero-order valence-corrected chi connectivity index (χ0v) is 11.9. The number of likely N-dealkylation sites (N-methyl/N-ethyl adjacent to an activating group) is 1. The Balaban J connectivity index is 2.13. The molecule has 3 N–H and O–H groups in total. The summed E-state index contributed by atoms with van der Waals surface area (Å²) in [4.78, 5) is 5.85. The largest absolute Gasteiger partial charge is 0.392 e. The summed E-state index contributed by atoms with van der Waals surface area (Å²) in [5, 5.41) is 12.0. The summed E-state index contributed by atoms with van der Waals surface area (Å²) in [6.07, 6.45) is 0.629. The van der Waals surface area contributed by atoms with Crippen LogP contribution in [-0.2, 0) is 0 Å². The van der Waals surface area contributed by atoms with Crippen molar-refractivity contribution in [1.82, 2.24) is 9.80 Å². The minimum atomic E-state index is -0.219. The molecule has 1 saturated heterocycles. The van der Waals surface area contributed by atoms with Gasteiger partial charge in [0, 0.05) is 30.6 Å². The molecule has 1 aromatic rings. The van der Waals surface area contributed by atoms with Gasteiger partial charge in [-0.05, 0) is 32.0 Å². The maximum Gasteiger partial charge on any atom is 0.0682 e. The van der Waals surface area contributed by atoms with Gasteiger partial charge in [-0.1, -0.05) is 6.07 Å². The SMILES string of the molecule is CN(C)CC1CC(O)CN1C(CN)c1cccs1. The highest BCUT2D eigenvalue weighted by atomic mass is 32.1. The van der Waals surface area contributed by atoms with E-state index in [4.69, 9.17) is 5.73 Å². The molecule has 0 aromatic carbocycles. The van der Waals surface area contributed by atoms with Crippen LogP contribution in [0.25, 0.3) is 0 Å². The Morgan fingerprint density at radius 2 is 2.39 bits per heavy atom. The molecule has 1 aliphatic rings. The van der Waals surface area contributed by atoms with Gasteiger partial charge in [-0.3, -0.25) is 4.90 Å². The minimum Gasteiger partial charge on any atom is -0.392 e. The Kier molecular flexibility index (Phi) is 4.75. The molecule has 4 nitrogen and oxygen atoms in total. The number of hydrogen-bond acceptors (Lipinski definition) is 5. The van der Waals surface area contributed by atoms with Gasteiger partial charge in [0.2, 0.25) is 0 Å². The molecule has 3 unspecified atom stereocenters. The average molecular weight is 269 g/mol. The third kappa shape index (κ3) is 3.10. The Labute approximate surface area is 113 Å². The minimum absolute atomic E-state index is 0.219. The van der Waals surface area contributed by atoms with Crippen molar-refractivity contribution >= 4 is 11.3 Å². The van der Waals surface area contributed by atoms with Crippen LogP contribution in [0.2, 0.25) is 0 Å². The fourth-order valence-electron chi connectivity index (χ4n) is 2.79. The number of rotatable bonds is 5. The van der Waals surface area contributed by atoms with Crippen LogP contribution in [-0.4, -0.2) is 60.8 Å². The van der Waals surface area contributed by atoms with Crippen LogP contribution in [0.15, 0.2) is 17.5 Å². The molecule has 2 rings (SSSR count). The molecule has 0 saturated carbocycles. The fraction of sp³-hybridized carbons (Fsp3) is 0.692. The smallest absolute Gasteiger partial charge is 0.0682 e. The van der Waals surface area contributed by atoms with Crippen molar-refractivity contribution in [2.75, 3.05) is 33.7 Å². The van der Waals surface area contributed by atoms with Crippen LogP contribution < -0.4 is 5.73 Å². The highest BCUT2D eigenvalue weighted by Gasteiger charge is 2.36. The molecular formula is C13H23N3OS. The van der Waals surface area contributed by atoms with Crippen molar-refractivity contribution in [1.29, 1.82) is 0 Å². The van der Waals surface area contributed by atoms with Crippen LogP contribution in [0.1, 0.15) is 17.3 Å². The number of hydrogen-bond donors (Lipinski definition) is 2. The normalized spacial score (nSPS) is 26.9. The van der Waals surface area contributed by atoms with Gasteiger partial charge in [0.1, 0.15) is 0 Å². The average Bonchev–Trinajstić information content (AvgIpc) is 2.90. The monoisotopic (exact) mass is 269 g/mol. The standard InChI is InChI=1S/C13H23N3OS/c1-15(2)8-10-6-11(17)9-16(10)12(7-14)13-4-3-5-18-13/h3-5,10-12,17H,6-9,14H2,1-2H3. The second kappa shape index (κ2) is 6.12. The Bertz CT molecular complexity index is 355. The Morgan fingerprint density at radius 1 is 1.61 bits per heavy atom. The summed E-state index contributed by atoms with van der Waals surface area (Å²) in [5.41, 5.74) is 5.95. The van der Waals surface area contributed by atoms with Crippen molar-refractivity contribution in [2.24, 2.45) is 5.73 Å². The van der Waals surface area contributed by atoms with Crippen LogP contribution in [0.3, 0.4) is 0 Å². The van der Waals surface area contributed by atoms with E-state index in [9.17, 15) is 5.11 Å². The predicted molar refractivity (Wildman–Crippen MR) is 75.8 cm³/mol. The molecule has 18 heavy (non-hydrogen) atoms. The summed E-state index contributed by atoms with van der Waals surface area (Å²) < 4.78 is 0. The van der Waals surface area contributed by atoms with E-state index in [0.29, 0.717) is 12.6 Å². The van der Waals surface area contributed by atoms with Crippen molar-refractivity contribution in [3.63, 3.8) is 0 Å². The van der Waals surface area contributed by atoms with E-state index in [1.807, 2.05) is 0 Å². The molecule has 0 aliphatic carbocycles. The third-order valence-electron chi connectivity index (χ3n) is 3.51. The summed E-state index contributed by atoms with van der Waals surface area (Å²) in [6, 6.07) is 4.84. The van der Waals surface area contributed by atoms with Gasteiger partial charge in [-0.25, -0.2) is 0 Å². The first-order valence-corrected chi connectivity index (χ1v) is 7.31. The summed E-state index contributed by atoms with van der Waals surface area (Å²) in [7, 11) is 4.15. The number of aliphatic hydroxyl groups is 1. The Hall–Kier alpha value is -0.460. The van der Waals surface area contributed by atoms with Crippen molar-refractivity contribution < 1.29 is 5.11 Å². The van der Waals surface area contributed by atoms with Crippen molar-refractivity contribution in [3.05, 3.63) is 22.4 Å². The van der Waals surface area contributed by atoms with E-state index in [2.05, 4.69) is 41.4 Å². The van der Waals surface area contributed by atoms with E-state index >= 15 is 0 Å². The molecule has 1 aromatic heterocycles. The van der Waals surface area contributed by atoms with Gasteiger partial charge < -0.3 is 15.7 Å². The molecule has 102 valence electrons. The quantitative estimate of drug-likeness (QED) is 0.828. The van der Waals surface area contributed by atoms with E-state index in [1.54, 1.807) is 11.3 Å². The lowest BCUT2D eigenvalue weighted by Crippen LogP contribution is -2.42. The maximum absolute atomic E-state index is 9.93. The van der Waals surface area contributed by atoms with Crippen LogP contribution in [0.4, 0.5) is 0 Å². The second-order valence-corrected chi connectivity index (χ2v) is 6.25. The molecule has 5 heteroatoms. The van der Waals surface area contributed by atoms with E-state index < -0.39 is 0 Å². The maximum atomic E-state index is 9.93. The second-order valence-electron chi connectivity index (χ2n) is 5.27. The van der Waals surface area contributed by atoms with Gasteiger partial charge in [0.15, 0.2) is 0 Å². The highest BCUT2D eigenvalue weighted by Crippen LogP contribution is 2.31. The first kappa shape index (κ1) is 14.0. The number of aliphatic hydroxyl groups excluding tert-OH is 1. The number of β-amino-alcohol motifs (C(OH)–C–C–N with tert-alkyl or cyclic N) is 1. The number of thiophene rings is 1. The van der Waals surface area contributed by atoms with Crippen LogP contribution in [0.5, 0.6) is 0 Å². The molecular weight excluding hydrogens is 246 g/mol. The Morgan fingerprint density at radius 3 is 2.94 bits per heavy atom. The van der Waals surface area contributed by atoms with Gasteiger partial charge >= 0.3 is 0 Å². The molecule has 2 heterocycles. The van der Waals surface area contributed by atoms with Gasteiger partial charge in [0.05, 0.1) is 12.1 Å². The van der Waals surface area contributed by atoms with Crippen molar-refractivity contribution in [2.45, 2.75) is 24.6 Å². The first-order chi connectivity index (χ1) is 8.61. The first-order valence-electron chi connectivity index (χ1n) is 6.43. The molecule has 1 aliphatic heterocycles. The fourth-order valence-corrected chi connectivity index (χ4v) is 3.66. The predicted octanol–water partition coefficient (Wildman–Crippen LogP) is 0.745.